The molecule has 0 heterocycles. The minimum Gasteiger partial charge on any atom is -0.508 e. The number of phenolic OH excluding ortho intramolecular Hbond substituents is 1. The summed E-state index contributed by atoms with van der Waals surface area (Å²) in [6.07, 6.45) is 1.11. The van der Waals surface area contributed by atoms with Crippen LogP contribution in [0, 0.1) is 5.82 Å². The summed E-state index contributed by atoms with van der Waals surface area (Å²) in [5.74, 6) is -0.163. The Hall–Kier alpha value is -3.87. The normalized spacial score (nSPS) is 10.3. The topological polar surface area (TPSA) is 87.7 Å². The highest BCUT2D eigenvalue weighted by Crippen LogP contribution is 2.26. The second-order valence-corrected chi connectivity index (χ2v) is 6.55. The van der Waals surface area contributed by atoms with Crippen LogP contribution in [-0.4, -0.2) is 24.0 Å². The van der Waals surface area contributed by atoms with Crippen LogP contribution in [0.15, 0.2) is 66.7 Å². The van der Waals surface area contributed by atoms with Gasteiger partial charge in [0.15, 0.2) is 0 Å². The van der Waals surface area contributed by atoms with Gasteiger partial charge in [0.05, 0.1) is 12.3 Å². The third-order valence-corrected chi connectivity index (χ3v) is 4.38. The van der Waals surface area contributed by atoms with Gasteiger partial charge in [0.1, 0.15) is 17.3 Å². The van der Waals surface area contributed by atoms with E-state index in [1.807, 2.05) is 0 Å². The van der Waals surface area contributed by atoms with Crippen molar-refractivity contribution < 1.29 is 23.8 Å². The van der Waals surface area contributed by atoms with E-state index in [0.717, 1.165) is 5.56 Å². The van der Waals surface area contributed by atoms with Gasteiger partial charge in [-0.3, -0.25) is 9.59 Å². The van der Waals surface area contributed by atoms with Gasteiger partial charge in [0, 0.05) is 18.5 Å². The molecule has 0 fully saturated rings. The number of hydrogen-bond acceptors (Lipinski definition) is 4. The quantitative estimate of drug-likeness (QED) is 0.472. The highest BCUT2D eigenvalue weighted by Gasteiger charge is 2.11. The summed E-state index contributed by atoms with van der Waals surface area (Å²) in [4.78, 5) is 23.3. The van der Waals surface area contributed by atoms with Crippen LogP contribution in [-0.2, 0) is 17.8 Å². The number of nitrogens with one attached hydrogen (secondary N) is 2. The van der Waals surface area contributed by atoms with Crippen LogP contribution < -0.4 is 15.4 Å². The predicted octanol–water partition coefficient (Wildman–Crippen LogP) is 3.65. The predicted molar refractivity (Wildman–Crippen MR) is 111 cm³/mol. The zero-order valence-corrected chi connectivity index (χ0v) is 16.1. The summed E-state index contributed by atoms with van der Waals surface area (Å²) in [5, 5.41) is 14.6. The van der Waals surface area contributed by atoms with E-state index in [4.69, 9.17) is 4.74 Å². The number of aromatic hydroxyl groups is 1. The molecule has 0 aromatic heterocycles. The third-order valence-electron chi connectivity index (χ3n) is 4.38. The van der Waals surface area contributed by atoms with Crippen molar-refractivity contribution in [2.45, 2.75) is 13.0 Å². The molecule has 7 heteroatoms. The van der Waals surface area contributed by atoms with Gasteiger partial charge in [-0.25, -0.2) is 4.39 Å². The van der Waals surface area contributed by atoms with Crippen LogP contribution >= 0.6 is 0 Å². The minimum atomic E-state index is -0.365. The van der Waals surface area contributed by atoms with Crippen molar-refractivity contribution >= 4 is 18.0 Å². The summed E-state index contributed by atoms with van der Waals surface area (Å²) in [6.45, 7) is 0.495. The van der Waals surface area contributed by atoms with Crippen LogP contribution in [0.1, 0.15) is 21.5 Å². The summed E-state index contributed by atoms with van der Waals surface area (Å²) in [6, 6.07) is 17.5. The number of benzene rings is 3. The Labute approximate surface area is 173 Å². The summed E-state index contributed by atoms with van der Waals surface area (Å²) < 4.78 is 19.0. The number of ether oxygens (including phenoxy) is 1. The van der Waals surface area contributed by atoms with Crippen molar-refractivity contribution in [2.24, 2.45) is 0 Å². The zero-order chi connectivity index (χ0) is 21.3. The Morgan fingerprint density at radius 3 is 2.57 bits per heavy atom. The molecule has 0 aliphatic heterocycles. The van der Waals surface area contributed by atoms with Gasteiger partial charge in [0.2, 0.25) is 6.41 Å². The average molecular weight is 408 g/mol. The van der Waals surface area contributed by atoms with Crippen molar-refractivity contribution in [3.63, 3.8) is 0 Å². The lowest BCUT2D eigenvalue weighted by molar-refractivity contribution is -0.105. The second-order valence-electron chi connectivity index (χ2n) is 6.55. The standard InChI is InChI=1S/C23H21FN2O4/c24-19-3-1-2-17(12-19)14-25-23(29)18-6-9-21(26-15-27)22(13-18)30-11-10-16-4-7-20(28)8-5-16/h1-9,12-13,15,28H,10-11,14H2,(H,25,29)(H,26,27). The number of carbonyl (C=O) groups excluding carboxylic acids is 2. The summed E-state index contributed by atoms with van der Waals surface area (Å²) in [5.41, 5.74) is 2.41. The van der Waals surface area contributed by atoms with E-state index >= 15 is 0 Å². The fraction of sp³-hybridized carbons (Fsp3) is 0.130. The minimum absolute atomic E-state index is 0.183. The van der Waals surface area contributed by atoms with Crippen LogP contribution in [0.2, 0.25) is 0 Å². The van der Waals surface area contributed by atoms with E-state index in [9.17, 15) is 19.1 Å². The Morgan fingerprint density at radius 2 is 1.83 bits per heavy atom. The van der Waals surface area contributed by atoms with Gasteiger partial charge >= 0.3 is 0 Å². The number of phenols is 1. The van der Waals surface area contributed by atoms with Crippen LogP contribution in [0.4, 0.5) is 10.1 Å². The van der Waals surface area contributed by atoms with Crippen LogP contribution in [0.5, 0.6) is 11.5 Å². The fourth-order valence-corrected chi connectivity index (χ4v) is 2.84. The number of rotatable bonds is 9. The molecular weight excluding hydrogens is 387 g/mol. The molecule has 0 aliphatic rings. The molecule has 154 valence electrons. The van der Waals surface area contributed by atoms with Crippen molar-refractivity contribution in [1.29, 1.82) is 0 Å². The van der Waals surface area contributed by atoms with E-state index in [1.54, 1.807) is 54.6 Å². The SMILES string of the molecule is O=CNc1ccc(C(=O)NCc2cccc(F)c2)cc1OCCc1ccc(O)cc1. The molecule has 3 rings (SSSR count). The van der Waals surface area contributed by atoms with Crippen LogP contribution in [0.3, 0.4) is 0 Å². The van der Waals surface area contributed by atoms with Gasteiger partial charge in [-0.15, -0.1) is 0 Å². The van der Waals surface area contributed by atoms with E-state index in [0.29, 0.717) is 42.0 Å². The maximum absolute atomic E-state index is 13.3. The van der Waals surface area contributed by atoms with E-state index in [1.165, 1.54) is 12.1 Å². The Kier molecular flexibility index (Phi) is 7.00. The van der Waals surface area contributed by atoms with E-state index < -0.39 is 0 Å². The highest BCUT2D eigenvalue weighted by molar-refractivity contribution is 5.95. The summed E-state index contributed by atoms with van der Waals surface area (Å²) in [7, 11) is 0. The maximum Gasteiger partial charge on any atom is 0.251 e. The first-order valence-corrected chi connectivity index (χ1v) is 9.33. The molecule has 0 bridgehead atoms. The molecule has 0 spiro atoms. The first kappa shape index (κ1) is 20.9. The van der Waals surface area contributed by atoms with E-state index in [-0.39, 0.29) is 24.0 Å². The number of anilines is 1. The smallest absolute Gasteiger partial charge is 0.251 e. The molecule has 0 aliphatic carbocycles. The number of carbonyl (C=O) groups is 2. The molecule has 0 atom stereocenters. The molecule has 0 saturated carbocycles. The second kappa shape index (κ2) is 10.1. The van der Waals surface area contributed by atoms with Gasteiger partial charge < -0.3 is 20.5 Å². The van der Waals surface area contributed by atoms with E-state index in [2.05, 4.69) is 10.6 Å². The monoisotopic (exact) mass is 408 g/mol. The fourth-order valence-electron chi connectivity index (χ4n) is 2.84. The first-order chi connectivity index (χ1) is 14.5. The Morgan fingerprint density at radius 1 is 1.03 bits per heavy atom. The number of amides is 2. The average Bonchev–Trinajstić information content (AvgIpc) is 2.75. The first-order valence-electron chi connectivity index (χ1n) is 9.33. The molecule has 0 unspecified atom stereocenters. The molecule has 3 aromatic rings. The molecule has 3 N–H and O–H groups in total. The van der Waals surface area contributed by atoms with Crippen molar-refractivity contribution in [1.82, 2.24) is 5.32 Å². The van der Waals surface area contributed by atoms with Gasteiger partial charge in [0.25, 0.3) is 5.91 Å². The molecule has 0 saturated heterocycles. The molecule has 2 amide bonds. The molecular formula is C23H21FN2O4. The third kappa shape index (κ3) is 5.81. The highest BCUT2D eigenvalue weighted by atomic mass is 19.1. The molecule has 6 nitrogen and oxygen atoms in total. The Balaban J connectivity index is 1.65. The largest absolute Gasteiger partial charge is 0.508 e. The number of halogens is 1. The van der Waals surface area contributed by atoms with Crippen molar-refractivity contribution in [3.05, 3.63) is 89.2 Å². The lowest BCUT2D eigenvalue weighted by Gasteiger charge is -2.13. The van der Waals surface area contributed by atoms with Crippen molar-refractivity contribution in [2.75, 3.05) is 11.9 Å². The van der Waals surface area contributed by atoms with Gasteiger partial charge in [-0.1, -0.05) is 24.3 Å². The van der Waals surface area contributed by atoms with Crippen molar-refractivity contribution in [3.8, 4) is 11.5 Å². The molecule has 3 aromatic carbocycles. The van der Waals surface area contributed by atoms with Gasteiger partial charge in [-0.05, 0) is 53.6 Å². The lowest BCUT2D eigenvalue weighted by atomic mass is 10.1. The molecule has 0 radical (unpaired) electrons. The van der Waals surface area contributed by atoms with Crippen LogP contribution in [0.25, 0.3) is 0 Å². The summed E-state index contributed by atoms with van der Waals surface area (Å²) >= 11 is 0. The lowest BCUT2D eigenvalue weighted by Crippen LogP contribution is -2.23. The van der Waals surface area contributed by atoms with Gasteiger partial charge in [-0.2, -0.15) is 0 Å². The maximum atomic E-state index is 13.3. The Bertz CT molecular complexity index is 1020. The number of hydrogen-bond donors (Lipinski definition) is 3. The molecule has 30 heavy (non-hydrogen) atoms. The zero-order valence-electron chi connectivity index (χ0n) is 16.1.